The molecule has 2 aliphatic carbocycles. The minimum Gasteiger partial charge on any atom is -0.406 e. The van der Waals surface area contributed by atoms with E-state index in [0.717, 1.165) is 48.0 Å². The normalized spacial score (nSPS) is 18.6. The van der Waals surface area contributed by atoms with Crippen molar-refractivity contribution in [2.45, 2.75) is 36.9 Å². The van der Waals surface area contributed by atoms with Crippen molar-refractivity contribution in [1.82, 2.24) is 0 Å². The Kier molecular flexibility index (Phi) is 4.31. The molecule has 0 bridgehead atoms. The van der Waals surface area contributed by atoms with Crippen LogP contribution in [0.3, 0.4) is 0 Å². The fraction of sp³-hybridized carbons (Fsp3) is 0.300. The predicted molar refractivity (Wildman–Crippen MR) is 98.7 cm³/mol. The highest BCUT2D eigenvalue weighted by Gasteiger charge is 2.48. The van der Waals surface area contributed by atoms with Crippen molar-refractivity contribution in [3.8, 4) is 5.75 Å². The first-order valence-corrected chi connectivity index (χ1v) is 10.3. The number of ether oxygens (including phenoxy) is 1. The minimum atomic E-state index is -4.72. The molecule has 2 aromatic rings. The van der Waals surface area contributed by atoms with Crippen LogP contribution in [-0.4, -0.2) is 14.8 Å². The molecule has 4 rings (SSSR count). The van der Waals surface area contributed by atoms with Gasteiger partial charge in [-0.05, 0) is 77.6 Å². The van der Waals surface area contributed by atoms with Gasteiger partial charge in [-0.25, -0.2) is 13.6 Å². The topological polar surface area (TPSA) is 69.4 Å². The van der Waals surface area contributed by atoms with E-state index in [2.05, 4.69) is 4.74 Å². The van der Waals surface area contributed by atoms with Crippen molar-refractivity contribution < 1.29 is 26.3 Å². The van der Waals surface area contributed by atoms with Crippen LogP contribution in [0.15, 0.2) is 53.4 Å². The summed E-state index contributed by atoms with van der Waals surface area (Å²) in [5.74, 6) is -0.255. The van der Waals surface area contributed by atoms with Crippen LogP contribution in [0.5, 0.6) is 5.75 Å². The molecular formula is C20H18F3NO3S. The molecule has 0 unspecified atom stereocenters. The Bertz CT molecular complexity index is 1040. The van der Waals surface area contributed by atoms with Crippen molar-refractivity contribution in [2.75, 3.05) is 0 Å². The fourth-order valence-electron chi connectivity index (χ4n) is 3.81. The number of alkyl halides is 3. The van der Waals surface area contributed by atoms with Gasteiger partial charge in [0.05, 0.1) is 4.90 Å². The van der Waals surface area contributed by atoms with E-state index in [-0.39, 0.29) is 16.1 Å². The second kappa shape index (κ2) is 6.35. The summed E-state index contributed by atoms with van der Waals surface area (Å²) in [6, 6.07) is 12.3. The largest absolute Gasteiger partial charge is 0.573 e. The lowest BCUT2D eigenvalue weighted by Crippen LogP contribution is -2.17. The molecule has 2 aliphatic rings. The smallest absolute Gasteiger partial charge is 0.406 e. The number of halogens is 3. The number of sulfonamides is 1. The van der Waals surface area contributed by atoms with E-state index in [1.165, 1.54) is 24.3 Å². The number of nitrogens with two attached hydrogens (primary N) is 1. The van der Waals surface area contributed by atoms with E-state index >= 15 is 0 Å². The minimum absolute atomic E-state index is 0.0474. The lowest BCUT2D eigenvalue weighted by Gasteiger charge is -2.11. The van der Waals surface area contributed by atoms with E-state index in [1.807, 2.05) is 0 Å². The van der Waals surface area contributed by atoms with E-state index in [1.54, 1.807) is 24.3 Å². The molecule has 1 saturated carbocycles. The van der Waals surface area contributed by atoms with Gasteiger partial charge in [-0.3, -0.25) is 0 Å². The third-order valence-electron chi connectivity index (χ3n) is 5.39. The third-order valence-corrected chi connectivity index (χ3v) is 6.32. The van der Waals surface area contributed by atoms with Crippen LogP contribution in [0.2, 0.25) is 0 Å². The van der Waals surface area contributed by atoms with Crippen molar-refractivity contribution in [2.24, 2.45) is 10.6 Å². The summed E-state index contributed by atoms with van der Waals surface area (Å²) in [5, 5.41) is 5.16. The second-order valence-electron chi connectivity index (χ2n) is 7.45. The van der Waals surface area contributed by atoms with Crippen LogP contribution in [-0.2, 0) is 10.0 Å². The maximum Gasteiger partial charge on any atom is 0.573 e. The van der Waals surface area contributed by atoms with E-state index in [0.29, 0.717) is 0 Å². The first-order valence-electron chi connectivity index (χ1n) is 8.76. The van der Waals surface area contributed by atoms with E-state index in [4.69, 9.17) is 5.14 Å². The van der Waals surface area contributed by atoms with Crippen LogP contribution < -0.4 is 9.88 Å². The Hall–Kier alpha value is -2.32. The molecule has 0 radical (unpaired) electrons. The molecule has 0 heterocycles. The quantitative estimate of drug-likeness (QED) is 0.795. The van der Waals surface area contributed by atoms with Crippen LogP contribution in [0, 0.1) is 5.41 Å². The van der Waals surface area contributed by atoms with Crippen molar-refractivity contribution >= 4 is 21.2 Å². The van der Waals surface area contributed by atoms with Gasteiger partial charge in [-0.15, -0.1) is 13.2 Å². The summed E-state index contributed by atoms with van der Waals surface area (Å²) in [6.45, 7) is 0. The molecule has 0 aliphatic heterocycles. The van der Waals surface area contributed by atoms with Gasteiger partial charge in [0.1, 0.15) is 5.75 Å². The molecule has 8 heteroatoms. The van der Waals surface area contributed by atoms with Gasteiger partial charge in [0.25, 0.3) is 0 Å². The molecular weight excluding hydrogens is 391 g/mol. The monoisotopic (exact) mass is 409 g/mol. The SMILES string of the molecule is NS(=O)(=O)c1ccc(C2=C(c3ccc(OC(F)(F)F)cc3)CC3(CC3)C2)cc1. The Labute approximate surface area is 160 Å². The summed E-state index contributed by atoms with van der Waals surface area (Å²) >= 11 is 0. The molecule has 0 atom stereocenters. The van der Waals surface area contributed by atoms with Gasteiger partial charge in [0, 0.05) is 0 Å². The standard InChI is InChI=1S/C20H18F3NO3S/c21-20(22,23)27-15-5-1-13(2-6-15)17-11-19(9-10-19)12-18(17)14-3-7-16(8-4-14)28(24,25)26/h1-8H,9-12H2,(H2,24,25,26). The van der Waals surface area contributed by atoms with Crippen molar-refractivity contribution in [3.63, 3.8) is 0 Å². The first kappa shape index (κ1) is 19.0. The summed E-state index contributed by atoms with van der Waals surface area (Å²) < 4.78 is 64.0. The molecule has 148 valence electrons. The number of benzene rings is 2. The lowest BCUT2D eigenvalue weighted by atomic mass is 9.97. The maximum atomic E-state index is 12.4. The van der Waals surface area contributed by atoms with Crippen molar-refractivity contribution in [3.05, 3.63) is 59.7 Å². The van der Waals surface area contributed by atoms with Crippen LogP contribution in [0.4, 0.5) is 13.2 Å². The number of hydrogen-bond donors (Lipinski definition) is 1. The van der Waals surface area contributed by atoms with Gasteiger partial charge in [-0.2, -0.15) is 0 Å². The molecule has 1 spiro atoms. The Morgan fingerprint density at radius 2 is 1.32 bits per heavy atom. The molecule has 2 N–H and O–H groups in total. The summed E-state index contributed by atoms with van der Waals surface area (Å²) in [7, 11) is -3.76. The Morgan fingerprint density at radius 3 is 1.71 bits per heavy atom. The molecule has 1 fully saturated rings. The zero-order chi connectivity index (χ0) is 20.2. The number of hydrogen-bond acceptors (Lipinski definition) is 3. The average Bonchev–Trinajstić information content (AvgIpc) is 3.24. The fourth-order valence-corrected chi connectivity index (χ4v) is 4.33. The first-order chi connectivity index (χ1) is 13.0. The van der Waals surface area contributed by atoms with Crippen LogP contribution in [0.25, 0.3) is 11.1 Å². The molecule has 0 amide bonds. The predicted octanol–water partition coefficient (Wildman–Crippen LogP) is 4.72. The highest BCUT2D eigenvalue weighted by atomic mass is 32.2. The highest BCUT2D eigenvalue weighted by molar-refractivity contribution is 7.89. The Balaban J connectivity index is 1.68. The zero-order valence-electron chi connectivity index (χ0n) is 14.8. The maximum absolute atomic E-state index is 12.4. The number of allylic oxidation sites excluding steroid dienone is 2. The van der Waals surface area contributed by atoms with Crippen LogP contribution in [0.1, 0.15) is 36.8 Å². The van der Waals surface area contributed by atoms with Gasteiger partial charge >= 0.3 is 6.36 Å². The third kappa shape index (κ3) is 3.93. The lowest BCUT2D eigenvalue weighted by molar-refractivity contribution is -0.274. The van der Waals surface area contributed by atoms with Gasteiger partial charge in [-0.1, -0.05) is 24.3 Å². The molecule has 28 heavy (non-hydrogen) atoms. The van der Waals surface area contributed by atoms with Crippen molar-refractivity contribution in [1.29, 1.82) is 0 Å². The van der Waals surface area contributed by atoms with E-state index < -0.39 is 16.4 Å². The van der Waals surface area contributed by atoms with Gasteiger partial charge in [0.15, 0.2) is 0 Å². The number of rotatable bonds is 4. The summed E-state index contributed by atoms with van der Waals surface area (Å²) in [4.78, 5) is 0.0474. The summed E-state index contributed by atoms with van der Waals surface area (Å²) in [6.07, 6.45) is -0.756. The summed E-state index contributed by atoms with van der Waals surface area (Å²) in [5.41, 5.74) is 4.16. The van der Waals surface area contributed by atoms with Crippen LogP contribution >= 0.6 is 0 Å². The highest BCUT2D eigenvalue weighted by Crippen LogP contribution is 2.63. The molecule has 4 nitrogen and oxygen atoms in total. The van der Waals surface area contributed by atoms with Gasteiger partial charge < -0.3 is 4.74 Å². The van der Waals surface area contributed by atoms with E-state index in [9.17, 15) is 21.6 Å². The Morgan fingerprint density at radius 1 is 0.857 bits per heavy atom. The molecule has 0 saturated heterocycles. The second-order valence-corrected chi connectivity index (χ2v) is 9.01. The molecule has 2 aromatic carbocycles. The average molecular weight is 409 g/mol. The van der Waals surface area contributed by atoms with Gasteiger partial charge in [0.2, 0.25) is 10.0 Å². The number of primary sulfonamides is 1. The zero-order valence-corrected chi connectivity index (χ0v) is 15.6. The molecule has 0 aromatic heterocycles.